The molecule has 174 valence electrons. The molecule has 3 heterocycles. The van der Waals surface area contributed by atoms with Gasteiger partial charge in [0.1, 0.15) is 5.82 Å². The number of morpholine rings is 1. The highest BCUT2D eigenvalue weighted by Crippen LogP contribution is 2.19. The normalized spacial score (nSPS) is 24.3. The molecular weight excluding hydrogens is 448 g/mol. The number of piperazine rings is 1. The maximum Gasteiger partial charge on any atom is 0.282 e. The van der Waals surface area contributed by atoms with Gasteiger partial charge in [-0.2, -0.15) is 22.0 Å². The van der Waals surface area contributed by atoms with Crippen LogP contribution in [0.2, 0.25) is 0 Å². The molecule has 2 saturated heterocycles. The highest BCUT2D eigenvalue weighted by atomic mass is 32.2. The standard InChI is InChI=1S/C21H30N6O3S2/c1-17-14-26(15-18(2)30-17)32(28,29)25-12-10-24(11-13-25)16-27-21(31)22-20(23-27)9-8-19-6-4-3-5-7-19/h3-9,17-18H,10-16H2,1-2H3,(H,22,23,31)/b9-8+. The molecular formula is C21H30N6O3S2. The van der Waals surface area contributed by atoms with Gasteiger partial charge in [0.25, 0.3) is 10.2 Å². The smallest absolute Gasteiger partial charge is 0.282 e. The Hall–Kier alpha value is -1.89. The van der Waals surface area contributed by atoms with Crippen molar-refractivity contribution in [2.24, 2.45) is 0 Å². The van der Waals surface area contributed by atoms with Crippen molar-refractivity contribution in [3.05, 3.63) is 46.5 Å². The number of rotatable bonds is 6. The zero-order chi connectivity index (χ0) is 22.7. The van der Waals surface area contributed by atoms with Crippen LogP contribution in [0.4, 0.5) is 0 Å². The monoisotopic (exact) mass is 478 g/mol. The Kier molecular flexibility index (Phi) is 7.23. The number of H-pyrrole nitrogens is 1. The van der Waals surface area contributed by atoms with Gasteiger partial charge in [-0.05, 0) is 37.7 Å². The minimum atomic E-state index is -3.48. The molecule has 32 heavy (non-hydrogen) atoms. The molecule has 2 aliphatic rings. The lowest BCUT2D eigenvalue weighted by molar-refractivity contribution is -0.0458. The van der Waals surface area contributed by atoms with Gasteiger partial charge in [-0.25, -0.2) is 4.68 Å². The van der Waals surface area contributed by atoms with Gasteiger partial charge in [0.05, 0.1) is 18.9 Å². The summed E-state index contributed by atoms with van der Waals surface area (Å²) in [6.45, 7) is 7.32. The molecule has 2 unspecified atom stereocenters. The van der Waals surface area contributed by atoms with Crippen LogP contribution >= 0.6 is 12.2 Å². The minimum Gasteiger partial charge on any atom is -0.373 e. The van der Waals surface area contributed by atoms with Gasteiger partial charge >= 0.3 is 0 Å². The molecule has 11 heteroatoms. The molecule has 1 aromatic carbocycles. The summed E-state index contributed by atoms with van der Waals surface area (Å²) in [5, 5.41) is 3.22. The van der Waals surface area contributed by atoms with Crippen molar-refractivity contribution in [2.75, 3.05) is 39.3 Å². The number of hydrogen-bond donors (Lipinski definition) is 1. The predicted molar refractivity (Wildman–Crippen MR) is 126 cm³/mol. The SMILES string of the molecule is CC1CN(S(=O)(=O)N2CCN(Cn3[nH]c(/C=C/c4ccccc4)nc3=S)CC2)CC(C)O1. The van der Waals surface area contributed by atoms with Crippen LogP contribution < -0.4 is 0 Å². The fourth-order valence-corrected chi connectivity index (χ4v) is 6.02. The van der Waals surface area contributed by atoms with E-state index in [1.165, 1.54) is 0 Å². The topological polar surface area (TPSA) is 86.7 Å². The van der Waals surface area contributed by atoms with Crippen LogP contribution in [-0.4, -0.2) is 88.2 Å². The second-order valence-electron chi connectivity index (χ2n) is 8.30. The molecule has 9 nitrogen and oxygen atoms in total. The lowest BCUT2D eigenvalue weighted by Crippen LogP contribution is -2.57. The van der Waals surface area contributed by atoms with Gasteiger partial charge in [0.15, 0.2) is 0 Å². The lowest BCUT2D eigenvalue weighted by atomic mass is 10.2. The molecule has 1 aromatic heterocycles. The third kappa shape index (κ3) is 5.53. The average molecular weight is 479 g/mol. The van der Waals surface area contributed by atoms with Crippen molar-refractivity contribution < 1.29 is 13.2 Å². The van der Waals surface area contributed by atoms with Gasteiger partial charge in [-0.15, -0.1) is 0 Å². The van der Waals surface area contributed by atoms with E-state index in [1.54, 1.807) is 8.61 Å². The third-order valence-corrected chi connectivity index (χ3v) is 7.92. The molecule has 0 spiro atoms. The Bertz CT molecular complexity index is 1080. The fourth-order valence-electron chi connectivity index (χ4n) is 4.07. The maximum absolute atomic E-state index is 13.1. The van der Waals surface area contributed by atoms with Crippen LogP contribution in [0.5, 0.6) is 0 Å². The number of ether oxygens (including phenoxy) is 1. The Labute approximate surface area is 194 Å². The largest absolute Gasteiger partial charge is 0.373 e. The van der Waals surface area contributed by atoms with E-state index in [-0.39, 0.29) is 12.2 Å². The first kappa shape index (κ1) is 23.3. The van der Waals surface area contributed by atoms with E-state index >= 15 is 0 Å². The number of nitrogens with one attached hydrogen (secondary N) is 1. The number of benzene rings is 1. The summed E-state index contributed by atoms with van der Waals surface area (Å²) in [4.78, 5) is 6.58. The number of aromatic nitrogens is 3. The molecule has 1 N–H and O–H groups in total. The van der Waals surface area contributed by atoms with E-state index in [1.807, 2.05) is 61.0 Å². The van der Waals surface area contributed by atoms with E-state index in [4.69, 9.17) is 17.0 Å². The van der Waals surface area contributed by atoms with E-state index in [9.17, 15) is 8.42 Å². The van der Waals surface area contributed by atoms with Crippen LogP contribution in [0.1, 0.15) is 25.2 Å². The molecule has 2 fully saturated rings. The maximum atomic E-state index is 13.1. The van der Waals surface area contributed by atoms with Crippen LogP contribution in [0, 0.1) is 4.77 Å². The molecule has 2 aliphatic heterocycles. The minimum absolute atomic E-state index is 0.0952. The number of nitrogens with zero attached hydrogens (tertiary/aromatic N) is 5. The summed E-state index contributed by atoms with van der Waals surface area (Å²) in [5.41, 5.74) is 1.09. The van der Waals surface area contributed by atoms with Gasteiger partial charge < -0.3 is 4.74 Å². The van der Waals surface area contributed by atoms with Crippen molar-refractivity contribution in [1.82, 2.24) is 28.3 Å². The summed E-state index contributed by atoms with van der Waals surface area (Å²) in [5.74, 6) is 0.690. The quantitative estimate of drug-likeness (QED) is 0.640. The molecule has 4 rings (SSSR count). The Morgan fingerprint density at radius 3 is 2.38 bits per heavy atom. The van der Waals surface area contributed by atoms with Gasteiger partial charge in [-0.3, -0.25) is 10.00 Å². The molecule has 2 atom stereocenters. The first-order chi connectivity index (χ1) is 15.3. The van der Waals surface area contributed by atoms with Crippen LogP contribution in [0.3, 0.4) is 0 Å². The van der Waals surface area contributed by atoms with Crippen LogP contribution in [0.25, 0.3) is 12.2 Å². The lowest BCUT2D eigenvalue weighted by Gasteiger charge is -2.40. The average Bonchev–Trinajstić information content (AvgIpc) is 3.12. The first-order valence-electron chi connectivity index (χ1n) is 10.8. The zero-order valence-electron chi connectivity index (χ0n) is 18.4. The molecule has 0 saturated carbocycles. The van der Waals surface area contributed by atoms with Crippen molar-refractivity contribution in [1.29, 1.82) is 0 Å². The van der Waals surface area contributed by atoms with Gasteiger partial charge in [0, 0.05) is 39.3 Å². The zero-order valence-corrected chi connectivity index (χ0v) is 20.1. The second kappa shape index (κ2) is 9.94. The van der Waals surface area contributed by atoms with E-state index in [0.717, 1.165) is 5.56 Å². The molecule has 2 aromatic rings. The Balaban J connectivity index is 1.34. The van der Waals surface area contributed by atoms with Crippen LogP contribution in [-0.2, 0) is 21.6 Å². The Morgan fingerprint density at radius 1 is 1.06 bits per heavy atom. The summed E-state index contributed by atoms with van der Waals surface area (Å²) in [6, 6.07) is 10.00. The summed E-state index contributed by atoms with van der Waals surface area (Å²) < 4.78 is 37.3. The fraction of sp³-hybridized carbons (Fsp3) is 0.524. The second-order valence-corrected chi connectivity index (χ2v) is 10.6. The molecule has 0 amide bonds. The third-order valence-electron chi connectivity index (χ3n) is 5.64. The summed E-state index contributed by atoms with van der Waals surface area (Å²) >= 11 is 5.40. The van der Waals surface area contributed by atoms with Crippen molar-refractivity contribution in [2.45, 2.75) is 32.7 Å². The highest BCUT2D eigenvalue weighted by Gasteiger charge is 2.36. The van der Waals surface area contributed by atoms with Crippen molar-refractivity contribution >= 4 is 34.6 Å². The van der Waals surface area contributed by atoms with Crippen LogP contribution in [0.15, 0.2) is 30.3 Å². The van der Waals surface area contributed by atoms with Gasteiger partial charge in [-0.1, -0.05) is 36.4 Å². The van der Waals surface area contributed by atoms with Gasteiger partial charge in [0.2, 0.25) is 4.77 Å². The van der Waals surface area contributed by atoms with Crippen molar-refractivity contribution in [3.63, 3.8) is 0 Å². The Morgan fingerprint density at radius 2 is 1.72 bits per heavy atom. The summed E-state index contributed by atoms with van der Waals surface area (Å²) in [7, 11) is -3.48. The van der Waals surface area contributed by atoms with E-state index in [2.05, 4.69) is 15.0 Å². The first-order valence-corrected chi connectivity index (χ1v) is 12.6. The number of aromatic amines is 1. The predicted octanol–water partition coefficient (Wildman–Crippen LogP) is 2.04. The molecule has 0 radical (unpaired) electrons. The summed E-state index contributed by atoms with van der Waals surface area (Å²) in [6.07, 6.45) is 3.69. The van der Waals surface area contributed by atoms with Crippen molar-refractivity contribution in [3.8, 4) is 0 Å². The highest BCUT2D eigenvalue weighted by molar-refractivity contribution is 7.86. The number of hydrogen-bond acceptors (Lipinski definition) is 6. The van der Waals surface area contributed by atoms with E-state index < -0.39 is 10.2 Å². The van der Waals surface area contributed by atoms with E-state index in [0.29, 0.717) is 56.5 Å². The molecule has 0 bridgehead atoms. The molecule has 0 aliphatic carbocycles.